The molecule has 2 aromatic rings. The smallest absolute Gasteiger partial charge is 0.322 e. The van der Waals surface area contributed by atoms with E-state index in [1.165, 1.54) is 24.1 Å². The molecule has 0 aromatic heterocycles. The standard InChI is InChI=1S/C17H18ClFN2O2/c1-11(12-4-6-13(19)7-5-12)21(2)17(22)20-14-8-9-16(23-3)15(18)10-14/h4-11H,1-3H3,(H,20,22)/t11-/m0/s1. The van der Waals surface area contributed by atoms with Crippen molar-refractivity contribution in [3.63, 3.8) is 0 Å². The van der Waals surface area contributed by atoms with Gasteiger partial charge >= 0.3 is 6.03 Å². The van der Waals surface area contributed by atoms with E-state index in [2.05, 4.69) is 5.32 Å². The number of amides is 2. The molecule has 0 aliphatic rings. The SMILES string of the molecule is COc1ccc(NC(=O)N(C)[C@@H](C)c2ccc(F)cc2)cc1Cl. The molecule has 4 nitrogen and oxygen atoms in total. The van der Waals surface area contributed by atoms with Crippen LogP contribution in [-0.2, 0) is 0 Å². The van der Waals surface area contributed by atoms with E-state index in [1.54, 1.807) is 37.4 Å². The summed E-state index contributed by atoms with van der Waals surface area (Å²) in [6.07, 6.45) is 0. The maximum absolute atomic E-state index is 13.0. The maximum atomic E-state index is 13.0. The Kier molecular flexibility index (Phi) is 5.45. The Balaban J connectivity index is 2.07. The minimum Gasteiger partial charge on any atom is -0.495 e. The molecule has 0 heterocycles. The molecule has 2 rings (SSSR count). The number of anilines is 1. The molecule has 0 saturated heterocycles. The molecule has 0 fully saturated rings. The van der Waals surface area contributed by atoms with Crippen molar-refractivity contribution < 1.29 is 13.9 Å². The highest BCUT2D eigenvalue weighted by atomic mass is 35.5. The summed E-state index contributed by atoms with van der Waals surface area (Å²) in [7, 11) is 3.20. The average molecular weight is 337 g/mol. The monoisotopic (exact) mass is 336 g/mol. The quantitative estimate of drug-likeness (QED) is 0.878. The van der Waals surface area contributed by atoms with Crippen LogP contribution in [0.5, 0.6) is 5.75 Å². The normalized spacial score (nSPS) is 11.7. The first-order valence-corrected chi connectivity index (χ1v) is 7.43. The Morgan fingerprint density at radius 1 is 1.26 bits per heavy atom. The van der Waals surface area contributed by atoms with E-state index in [-0.39, 0.29) is 17.9 Å². The van der Waals surface area contributed by atoms with Crippen molar-refractivity contribution in [1.29, 1.82) is 0 Å². The molecule has 6 heteroatoms. The summed E-state index contributed by atoms with van der Waals surface area (Å²) < 4.78 is 18.1. The number of ether oxygens (including phenoxy) is 1. The molecule has 0 spiro atoms. The van der Waals surface area contributed by atoms with Gasteiger partial charge in [-0.05, 0) is 42.8 Å². The van der Waals surface area contributed by atoms with Gasteiger partial charge in [-0.1, -0.05) is 23.7 Å². The van der Waals surface area contributed by atoms with Gasteiger partial charge in [-0.2, -0.15) is 0 Å². The number of hydrogen-bond donors (Lipinski definition) is 1. The lowest BCUT2D eigenvalue weighted by Gasteiger charge is -2.25. The lowest BCUT2D eigenvalue weighted by atomic mass is 10.1. The van der Waals surface area contributed by atoms with Gasteiger partial charge in [0.05, 0.1) is 18.2 Å². The van der Waals surface area contributed by atoms with Gasteiger partial charge in [0.25, 0.3) is 0 Å². The molecule has 122 valence electrons. The average Bonchev–Trinajstić information content (AvgIpc) is 2.54. The number of carbonyl (C=O) groups excluding carboxylic acids is 1. The molecule has 0 bridgehead atoms. The van der Waals surface area contributed by atoms with Crippen LogP contribution in [0.15, 0.2) is 42.5 Å². The summed E-state index contributed by atoms with van der Waals surface area (Å²) in [5, 5.41) is 3.19. The second-order valence-corrected chi connectivity index (χ2v) is 5.53. The first-order chi connectivity index (χ1) is 10.9. The summed E-state index contributed by atoms with van der Waals surface area (Å²) >= 11 is 6.04. The van der Waals surface area contributed by atoms with Crippen molar-refractivity contribution in [3.05, 3.63) is 58.9 Å². The molecular formula is C17H18ClFN2O2. The van der Waals surface area contributed by atoms with E-state index in [4.69, 9.17) is 16.3 Å². The number of methoxy groups -OCH3 is 1. The summed E-state index contributed by atoms with van der Waals surface area (Å²) in [5.41, 5.74) is 1.41. The number of benzene rings is 2. The van der Waals surface area contributed by atoms with Crippen LogP contribution >= 0.6 is 11.6 Å². The van der Waals surface area contributed by atoms with Crippen molar-refractivity contribution in [2.24, 2.45) is 0 Å². The van der Waals surface area contributed by atoms with Crippen LogP contribution < -0.4 is 10.1 Å². The van der Waals surface area contributed by atoms with Crippen LogP contribution in [-0.4, -0.2) is 25.1 Å². The zero-order valence-electron chi connectivity index (χ0n) is 13.1. The van der Waals surface area contributed by atoms with Crippen molar-refractivity contribution in [1.82, 2.24) is 4.90 Å². The van der Waals surface area contributed by atoms with E-state index in [1.807, 2.05) is 6.92 Å². The lowest BCUT2D eigenvalue weighted by Crippen LogP contribution is -2.33. The van der Waals surface area contributed by atoms with Crippen molar-refractivity contribution in [3.8, 4) is 5.75 Å². The zero-order valence-corrected chi connectivity index (χ0v) is 13.9. The van der Waals surface area contributed by atoms with Gasteiger partial charge in [-0.15, -0.1) is 0 Å². The number of halogens is 2. The highest BCUT2D eigenvalue weighted by molar-refractivity contribution is 6.32. The molecule has 1 N–H and O–H groups in total. The molecule has 0 radical (unpaired) electrons. The van der Waals surface area contributed by atoms with Gasteiger partial charge in [0.1, 0.15) is 11.6 Å². The van der Waals surface area contributed by atoms with Crippen LogP contribution in [0.3, 0.4) is 0 Å². The highest BCUT2D eigenvalue weighted by Gasteiger charge is 2.18. The number of carbonyl (C=O) groups is 1. The fourth-order valence-corrected chi connectivity index (χ4v) is 2.35. The molecular weight excluding hydrogens is 319 g/mol. The summed E-state index contributed by atoms with van der Waals surface area (Å²) in [6.45, 7) is 1.87. The first-order valence-electron chi connectivity index (χ1n) is 7.05. The van der Waals surface area contributed by atoms with Gasteiger partial charge < -0.3 is 15.0 Å². The molecule has 2 aromatic carbocycles. The molecule has 23 heavy (non-hydrogen) atoms. The molecule has 0 saturated carbocycles. The fraction of sp³-hybridized carbons (Fsp3) is 0.235. The second kappa shape index (κ2) is 7.33. The van der Waals surface area contributed by atoms with Crippen molar-refractivity contribution in [2.75, 3.05) is 19.5 Å². The number of rotatable bonds is 4. The third-order valence-corrected chi connectivity index (χ3v) is 3.95. The third kappa shape index (κ3) is 4.13. The molecule has 0 aliphatic heterocycles. The predicted octanol–water partition coefficient (Wildman–Crippen LogP) is 4.71. The number of urea groups is 1. The van der Waals surface area contributed by atoms with Gasteiger partial charge in [0, 0.05) is 12.7 Å². The van der Waals surface area contributed by atoms with Crippen LogP contribution in [0.2, 0.25) is 5.02 Å². The Bertz CT molecular complexity index is 691. The Hall–Kier alpha value is -2.27. The Morgan fingerprint density at radius 3 is 2.48 bits per heavy atom. The van der Waals surface area contributed by atoms with Crippen LogP contribution in [0.1, 0.15) is 18.5 Å². The van der Waals surface area contributed by atoms with Crippen molar-refractivity contribution >= 4 is 23.3 Å². The van der Waals surface area contributed by atoms with Crippen LogP contribution in [0.25, 0.3) is 0 Å². The number of hydrogen-bond acceptors (Lipinski definition) is 2. The summed E-state index contributed by atoms with van der Waals surface area (Å²) in [5.74, 6) is 0.235. The van der Waals surface area contributed by atoms with Gasteiger partial charge in [0.15, 0.2) is 0 Å². The minimum atomic E-state index is -0.305. The van der Waals surface area contributed by atoms with Crippen LogP contribution in [0, 0.1) is 5.82 Å². The van der Waals surface area contributed by atoms with Crippen molar-refractivity contribution in [2.45, 2.75) is 13.0 Å². The maximum Gasteiger partial charge on any atom is 0.322 e. The third-order valence-electron chi connectivity index (χ3n) is 3.66. The predicted molar refractivity (Wildman–Crippen MR) is 89.6 cm³/mol. The molecule has 1 atom stereocenters. The van der Waals surface area contributed by atoms with E-state index in [0.29, 0.717) is 16.5 Å². The van der Waals surface area contributed by atoms with Crippen LogP contribution in [0.4, 0.5) is 14.9 Å². The van der Waals surface area contributed by atoms with Gasteiger partial charge in [0.2, 0.25) is 0 Å². The molecule has 0 aliphatic carbocycles. The first kappa shape index (κ1) is 17.1. The largest absolute Gasteiger partial charge is 0.495 e. The number of nitrogens with one attached hydrogen (secondary N) is 1. The lowest BCUT2D eigenvalue weighted by molar-refractivity contribution is 0.208. The summed E-state index contributed by atoms with van der Waals surface area (Å²) in [6, 6.07) is 10.6. The van der Waals surface area contributed by atoms with E-state index in [9.17, 15) is 9.18 Å². The van der Waals surface area contributed by atoms with E-state index >= 15 is 0 Å². The topological polar surface area (TPSA) is 41.6 Å². The van der Waals surface area contributed by atoms with Gasteiger partial charge in [-0.25, -0.2) is 9.18 Å². The second-order valence-electron chi connectivity index (χ2n) is 5.12. The number of nitrogens with zero attached hydrogens (tertiary/aromatic N) is 1. The summed E-state index contributed by atoms with van der Waals surface area (Å²) in [4.78, 5) is 13.9. The fourth-order valence-electron chi connectivity index (χ4n) is 2.10. The minimum absolute atomic E-state index is 0.204. The molecule has 2 amide bonds. The van der Waals surface area contributed by atoms with E-state index in [0.717, 1.165) is 5.56 Å². The molecule has 0 unspecified atom stereocenters. The highest BCUT2D eigenvalue weighted by Crippen LogP contribution is 2.28. The zero-order chi connectivity index (χ0) is 17.0. The Morgan fingerprint density at radius 2 is 1.91 bits per heavy atom. The van der Waals surface area contributed by atoms with Gasteiger partial charge in [-0.3, -0.25) is 0 Å². The van der Waals surface area contributed by atoms with E-state index < -0.39 is 0 Å². The Labute approximate surface area is 139 Å².